The van der Waals surface area contributed by atoms with Crippen LogP contribution in [-0.4, -0.2) is 16.9 Å². The molecule has 0 aromatic heterocycles. The Balaban J connectivity index is 2.55. The monoisotopic (exact) mass is 305 g/mol. The molecule has 0 N–H and O–H groups in total. The zero-order valence-corrected chi connectivity index (χ0v) is 10.8. The molecular formula is C11H13BrFNO3. The lowest BCUT2D eigenvalue weighted by Crippen LogP contribution is -2.01. The molecule has 1 rings (SSSR count). The van der Waals surface area contributed by atoms with Gasteiger partial charge in [0.15, 0.2) is 5.75 Å². The van der Waals surface area contributed by atoms with Crippen LogP contribution in [0.15, 0.2) is 18.2 Å². The van der Waals surface area contributed by atoms with Gasteiger partial charge in [0.2, 0.25) is 0 Å². The standard InChI is InChI=1S/C11H13BrFNO3/c12-6-2-1-3-7-17-11-5-4-9(13)8-10(11)14(15)16/h4-5,8H,1-3,6-7H2. The van der Waals surface area contributed by atoms with Crippen LogP contribution in [0.5, 0.6) is 5.75 Å². The number of halogens is 2. The van der Waals surface area contributed by atoms with E-state index in [1.165, 1.54) is 6.07 Å². The first-order valence-corrected chi connectivity index (χ1v) is 6.40. The van der Waals surface area contributed by atoms with Gasteiger partial charge in [-0.25, -0.2) is 4.39 Å². The van der Waals surface area contributed by atoms with Crippen molar-refractivity contribution in [3.8, 4) is 5.75 Å². The van der Waals surface area contributed by atoms with E-state index in [-0.39, 0.29) is 11.4 Å². The summed E-state index contributed by atoms with van der Waals surface area (Å²) in [6.07, 6.45) is 2.84. The molecule has 4 nitrogen and oxygen atoms in total. The number of hydrogen-bond donors (Lipinski definition) is 0. The van der Waals surface area contributed by atoms with E-state index in [2.05, 4.69) is 15.9 Å². The average Bonchev–Trinajstić information content (AvgIpc) is 2.30. The molecule has 17 heavy (non-hydrogen) atoms. The quantitative estimate of drug-likeness (QED) is 0.334. The van der Waals surface area contributed by atoms with E-state index in [0.29, 0.717) is 6.61 Å². The fraction of sp³-hybridized carbons (Fsp3) is 0.455. The van der Waals surface area contributed by atoms with Gasteiger partial charge in [0.05, 0.1) is 17.6 Å². The van der Waals surface area contributed by atoms with Crippen LogP contribution >= 0.6 is 15.9 Å². The Kier molecular flexibility index (Phi) is 5.90. The lowest BCUT2D eigenvalue weighted by atomic mass is 10.2. The van der Waals surface area contributed by atoms with Crippen molar-refractivity contribution in [1.29, 1.82) is 0 Å². The Morgan fingerprint density at radius 3 is 2.76 bits per heavy atom. The van der Waals surface area contributed by atoms with E-state index in [0.717, 1.165) is 36.7 Å². The van der Waals surface area contributed by atoms with Crippen LogP contribution < -0.4 is 4.74 Å². The third-order valence-corrected chi connectivity index (χ3v) is 2.71. The maximum atomic E-state index is 12.8. The SMILES string of the molecule is O=[N+]([O-])c1cc(F)ccc1OCCCCCBr. The molecule has 0 saturated heterocycles. The Labute approximate surface area is 107 Å². The van der Waals surface area contributed by atoms with Crippen molar-refractivity contribution in [2.75, 3.05) is 11.9 Å². The molecule has 0 radical (unpaired) electrons. The number of benzene rings is 1. The van der Waals surface area contributed by atoms with E-state index in [1.54, 1.807) is 0 Å². The highest BCUT2D eigenvalue weighted by molar-refractivity contribution is 9.09. The van der Waals surface area contributed by atoms with Gasteiger partial charge in [-0.3, -0.25) is 10.1 Å². The summed E-state index contributed by atoms with van der Waals surface area (Å²) in [4.78, 5) is 10.0. The number of nitrogens with zero attached hydrogens (tertiary/aromatic N) is 1. The van der Waals surface area contributed by atoms with E-state index < -0.39 is 10.7 Å². The largest absolute Gasteiger partial charge is 0.487 e. The van der Waals surface area contributed by atoms with E-state index >= 15 is 0 Å². The van der Waals surface area contributed by atoms with Crippen LogP contribution in [0.2, 0.25) is 0 Å². The first-order chi connectivity index (χ1) is 8.15. The third-order valence-electron chi connectivity index (χ3n) is 2.15. The molecule has 0 aliphatic carbocycles. The molecule has 1 aromatic carbocycles. The zero-order valence-electron chi connectivity index (χ0n) is 9.20. The van der Waals surface area contributed by atoms with Crippen LogP contribution in [0, 0.1) is 15.9 Å². The van der Waals surface area contributed by atoms with Crippen molar-refractivity contribution < 1.29 is 14.1 Å². The molecule has 0 atom stereocenters. The second kappa shape index (κ2) is 7.21. The normalized spacial score (nSPS) is 10.2. The van der Waals surface area contributed by atoms with Gasteiger partial charge in [0.25, 0.3) is 0 Å². The van der Waals surface area contributed by atoms with Crippen LogP contribution in [0.3, 0.4) is 0 Å². The highest BCUT2D eigenvalue weighted by Gasteiger charge is 2.15. The number of nitro groups is 1. The first kappa shape index (κ1) is 13.9. The van der Waals surface area contributed by atoms with Crippen molar-refractivity contribution >= 4 is 21.6 Å². The van der Waals surface area contributed by atoms with Gasteiger partial charge in [0.1, 0.15) is 5.82 Å². The predicted molar refractivity (Wildman–Crippen MR) is 66.2 cm³/mol. The fourth-order valence-electron chi connectivity index (χ4n) is 1.31. The van der Waals surface area contributed by atoms with Crippen LogP contribution in [-0.2, 0) is 0 Å². The molecule has 0 fully saturated rings. The average molecular weight is 306 g/mol. The molecule has 0 spiro atoms. The van der Waals surface area contributed by atoms with Crippen LogP contribution in [0.1, 0.15) is 19.3 Å². The summed E-state index contributed by atoms with van der Waals surface area (Å²) in [5.74, 6) is -0.515. The number of nitro benzene ring substituents is 1. The summed E-state index contributed by atoms with van der Waals surface area (Å²) in [6.45, 7) is 0.402. The minimum Gasteiger partial charge on any atom is -0.487 e. The maximum absolute atomic E-state index is 12.8. The van der Waals surface area contributed by atoms with Crippen molar-refractivity contribution in [3.63, 3.8) is 0 Å². The Bertz CT molecular complexity index is 387. The molecular weight excluding hydrogens is 293 g/mol. The smallest absolute Gasteiger partial charge is 0.313 e. The summed E-state index contributed by atoms with van der Waals surface area (Å²) in [5.41, 5.74) is -0.328. The maximum Gasteiger partial charge on any atom is 0.313 e. The van der Waals surface area contributed by atoms with E-state index in [1.807, 2.05) is 0 Å². The number of alkyl halides is 1. The molecule has 0 bridgehead atoms. The molecule has 0 unspecified atom stereocenters. The minimum atomic E-state index is -0.642. The Hall–Kier alpha value is -1.17. The highest BCUT2D eigenvalue weighted by Crippen LogP contribution is 2.27. The van der Waals surface area contributed by atoms with Crippen molar-refractivity contribution in [2.45, 2.75) is 19.3 Å². The molecule has 1 aromatic rings. The Morgan fingerprint density at radius 1 is 1.35 bits per heavy atom. The van der Waals surface area contributed by atoms with Gasteiger partial charge in [-0.15, -0.1) is 0 Å². The number of ether oxygens (including phenoxy) is 1. The van der Waals surface area contributed by atoms with Crippen molar-refractivity contribution in [2.24, 2.45) is 0 Å². The lowest BCUT2D eigenvalue weighted by Gasteiger charge is -2.06. The molecule has 0 aliphatic rings. The third kappa shape index (κ3) is 4.68. The number of rotatable bonds is 7. The van der Waals surface area contributed by atoms with Gasteiger partial charge in [-0.2, -0.15) is 0 Å². The summed E-state index contributed by atoms with van der Waals surface area (Å²) in [7, 11) is 0. The molecule has 0 heterocycles. The van der Waals surface area contributed by atoms with Crippen molar-refractivity contribution in [1.82, 2.24) is 0 Å². The molecule has 0 aliphatic heterocycles. The van der Waals surface area contributed by atoms with Gasteiger partial charge in [0, 0.05) is 5.33 Å². The minimum absolute atomic E-state index is 0.121. The zero-order chi connectivity index (χ0) is 12.7. The second-order valence-corrected chi connectivity index (χ2v) is 4.26. The summed E-state index contributed by atoms with van der Waals surface area (Å²) >= 11 is 3.31. The van der Waals surface area contributed by atoms with Gasteiger partial charge < -0.3 is 4.74 Å². The van der Waals surface area contributed by atoms with Gasteiger partial charge in [-0.05, 0) is 31.4 Å². The fourth-order valence-corrected chi connectivity index (χ4v) is 1.71. The van der Waals surface area contributed by atoms with Crippen LogP contribution in [0.4, 0.5) is 10.1 Å². The predicted octanol–water partition coefficient (Wildman–Crippen LogP) is 3.68. The van der Waals surface area contributed by atoms with E-state index in [9.17, 15) is 14.5 Å². The van der Waals surface area contributed by atoms with Crippen molar-refractivity contribution in [3.05, 3.63) is 34.1 Å². The van der Waals surface area contributed by atoms with E-state index in [4.69, 9.17) is 4.74 Å². The molecule has 6 heteroatoms. The molecule has 0 saturated carbocycles. The number of hydrogen-bond acceptors (Lipinski definition) is 3. The summed E-state index contributed by atoms with van der Waals surface area (Å²) in [5, 5.41) is 11.6. The van der Waals surface area contributed by atoms with Crippen LogP contribution in [0.25, 0.3) is 0 Å². The first-order valence-electron chi connectivity index (χ1n) is 5.28. The topological polar surface area (TPSA) is 52.4 Å². The van der Waals surface area contributed by atoms with Gasteiger partial charge in [-0.1, -0.05) is 15.9 Å². The highest BCUT2D eigenvalue weighted by atomic mass is 79.9. The molecule has 0 amide bonds. The number of unbranched alkanes of at least 4 members (excludes halogenated alkanes) is 2. The Morgan fingerprint density at radius 2 is 2.12 bits per heavy atom. The lowest BCUT2D eigenvalue weighted by molar-refractivity contribution is -0.386. The van der Waals surface area contributed by atoms with Gasteiger partial charge >= 0.3 is 5.69 Å². The second-order valence-electron chi connectivity index (χ2n) is 3.47. The summed E-state index contributed by atoms with van der Waals surface area (Å²) in [6, 6.07) is 3.31. The molecule has 94 valence electrons. The summed E-state index contributed by atoms with van der Waals surface area (Å²) < 4.78 is 18.1.